The van der Waals surface area contributed by atoms with Gasteiger partial charge in [0.05, 0.1) is 11.6 Å². The molecule has 3 aromatic heterocycles. The van der Waals surface area contributed by atoms with Crippen LogP contribution < -0.4 is 14.4 Å². The number of aromatic nitrogens is 4. The lowest BCUT2D eigenvalue weighted by molar-refractivity contribution is -0.743. The molecule has 11 rings (SSSR count). The van der Waals surface area contributed by atoms with Gasteiger partial charge in [-0.3, -0.25) is 0 Å². The summed E-state index contributed by atoms with van der Waals surface area (Å²) >= 11 is 0. The van der Waals surface area contributed by atoms with E-state index in [9.17, 15) is 0 Å². The molecule has 0 N–H and O–H groups in total. The molecule has 5 aromatic carbocycles. The standard InChI is InChI=1S/C51H49N6/c1-8-51(9-2)27-39(46-37-20-12-13-23-40(37)56-42-28-52-47(34-19-11-10-16-31(34)4)53-48(42)54(7)49(46)56)36-22-15-21-35-38-26-30(3)24-25-41(38)57-43(29-55(51)50(57)45(35)36)44-32(5)17-14-18-33(44)6/h10-26,28-29,39,46,49H,8-9,27H2,1-7H3/q+1. The van der Waals surface area contributed by atoms with Crippen molar-refractivity contribution in [2.24, 2.45) is 0 Å². The van der Waals surface area contributed by atoms with E-state index in [2.05, 4.69) is 183 Å². The Morgan fingerprint density at radius 2 is 1.47 bits per heavy atom. The Bertz CT molecular complexity index is 2950. The van der Waals surface area contributed by atoms with E-state index in [4.69, 9.17) is 9.97 Å². The van der Waals surface area contributed by atoms with Gasteiger partial charge in [-0.2, -0.15) is 4.40 Å². The van der Waals surface area contributed by atoms with Gasteiger partial charge in [-0.15, -0.1) is 0 Å². The predicted molar refractivity (Wildman–Crippen MR) is 234 cm³/mol. The van der Waals surface area contributed by atoms with Crippen LogP contribution >= 0.6 is 0 Å². The summed E-state index contributed by atoms with van der Waals surface area (Å²) in [6, 6.07) is 38.6. The van der Waals surface area contributed by atoms with Gasteiger partial charge in [0.25, 0.3) is 5.65 Å². The second kappa shape index (κ2) is 12.2. The fraction of sp³-hybridized carbons (Fsp3) is 0.275. The Morgan fingerprint density at radius 1 is 0.754 bits per heavy atom. The Hall–Kier alpha value is -6.01. The number of aryl methyl sites for hydroxylation is 4. The average molecular weight is 746 g/mol. The van der Waals surface area contributed by atoms with Crippen molar-refractivity contribution in [1.82, 2.24) is 14.4 Å². The van der Waals surface area contributed by atoms with Crippen molar-refractivity contribution in [1.29, 1.82) is 0 Å². The molecule has 0 fully saturated rings. The van der Waals surface area contributed by atoms with Crippen molar-refractivity contribution in [2.45, 2.75) is 84.3 Å². The molecule has 8 aromatic rings. The minimum atomic E-state index is -0.126. The zero-order chi connectivity index (χ0) is 38.9. The number of imidazole rings is 1. The van der Waals surface area contributed by atoms with Gasteiger partial charge in [-0.25, -0.2) is 14.5 Å². The lowest BCUT2D eigenvalue weighted by atomic mass is 9.72. The van der Waals surface area contributed by atoms with Crippen molar-refractivity contribution >= 4 is 44.5 Å². The molecular weight excluding hydrogens is 697 g/mol. The van der Waals surface area contributed by atoms with Gasteiger partial charge in [0, 0.05) is 40.6 Å². The highest BCUT2D eigenvalue weighted by atomic mass is 15.5. The van der Waals surface area contributed by atoms with Gasteiger partial charge < -0.3 is 9.80 Å². The number of pyridine rings is 1. The van der Waals surface area contributed by atoms with Crippen LogP contribution in [0.1, 0.15) is 78.3 Å². The molecular formula is C51H49N6+. The van der Waals surface area contributed by atoms with Gasteiger partial charge in [0.1, 0.15) is 29.1 Å². The number of para-hydroxylation sites is 1. The average Bonchev–Trinajstić information content (AvgIpc) is 3.85. The summed E-state index contributed by atoms with van der Waals surface area (Å²) in [5.74, 6) is 2.19. The van der Waals surface area contributed by atoms with Crippen LogP contribution in [0, 0.1) is 27.7 Å². The Kier molecular flexibility index (Phi) is 7.36. The zero-order valence-corrected chi connectivity index (χ0v) is 34.0. The molecule has 0 saturated heterocycles. The predicted octanol–water partition coefficient (Wildman–Crippen LogP) is 11.6. The molecule has 282 valence electrons. The second-order valence-electron chi connectivity index (χ2n) is 17.0. The third-order valence-electron chi connectivity index (χ3n) is 14.2. The smallest absolute Gasteiger partial charge is 0.295 e. The summed E-state index contributed by atoms with van der Waals surface area (Å²) in [4.78, 5) is 15.4. The molecule has 57 heavy (non-hydrogen) atoms. The van der Waals surface area contributed by atoms with Gasteiger partial charge in [-0.1, -0.05) is 104 Å². The van der Waals surface area contributed by atoms with E-state index < -0.39 is 0 Å². The van der Waals surface area contributed by atoms with Gasteiger partial charge in [0.2, 0.25) is 0 Å². The lowest BCUT2D eigenvalue weighted by Gasteiger charge is -2.38. The van der Waals surface area contributed by atoms with Crippen molar-refractivity contribution in [3.05, 3.63) is 149 Å². The SMILES string of the molecule is CCC1(CC)CC(C2c3ccccc3N3c4cnc(-c5ccccc5C)nc4N(C)C23)c2cccc3c4cc(C)ccc4n4c(-c5c(C)cccc5C)c[n+]1c4c23. The number of hydrogen-bond acceptors (Lipinski definition) is 4. The van der Waals surface area contributed by atoms with Gasteiger partial charge in [-0.05, 0) is 98.9 Å². The van der Waals surface area contributed by atoms with E-state index in [0.29, 0.717) is 0 Å². The highest BCUT2D eigenvalue weighted by Crippen LogP contribution is 2.60. The third kappa shape index (κ3) is 4.55. The lowest BCUT2D eigenvalue weighted by Crippen LogP contribution is -2.55. The monoisotopic (exact) mass is 745 g/mol. The van der Waals surface area contributed by atoms with Crippen LogP contribution in [0.4, 0.5) is 17.2 Å². The fourth-order valence-corrected chi connectivity index (χ4v) is 11.4. The van der Waals surface area contributed by atoms with E-state index in [1.807, 2.05) is 0 Å². The van der Waals surface area contributed by atoms with Crippen LogP contribution in [-0.2, 0) is 5.54 Å². The molecule has 0 spiro atoms. The second-order valence-corrected chi connectivity index (χ2v) is 17.0. The van der Waals surface area contributed by atoms with Crippen LogP contribution in [0.3, 0.4) is 0 Å². The molecule has 3 atom stereocenters. The minimum Gasteiger partial charge on any atom is -0.336 e. The third-order valence-corrected chi connectivity index (χ3v) is 14.2. The van der Waals surface area contributed by atoms with Crippen LogP contribution in [0.2, 0.25) is 0 Å². The number of anilines is 3. The molecule has 0 radical (unpaired) electrons. The van der Waals surface area contributed by atoms with Crippen molar-refractivity contribution in [2.75, 3.05) is 16.8 Å². The number of likely N-dealkylation sites (N-methyl/N-ethyl adjacent to an activating group) is 1. The van der Waals surface area contributed by atoms with E-state index in [1.54, 1.807) is 0 Å². The first-order chi connectivity index (χ1) is 27.7. The Balaban J connectivity index is 1.21. The van der Waals surface area contributed by atoms with Crippen LogP contribution in [0.15, 0.2) is 116 Å². The molecule has 0 amide bonds. The van der Waals surface area contributed by atoms with Crippen LogP contribution in [-0.4, -0.2) is 27.6 Å². The molecule has 6 nitrogen and oxygen atoms in total. The van der Waals surface area contributed by atoms with Crippen LogP contribution in [0.25, 0.3) is 50.0 Å². The van der Waals surface area contributed by atoms with E-state index in [1.165, 1.54) is 77.6 Å². The number of fused-ring (bicyclic) bond motifs is 8. The number of hydrogen-bond donors (Lipinski definition) is 0. The van der Waals surface area contributed by atoms with Crippen molar-refractivity contribution in [3.63, 3.8) is 0 Å². The molecule has 0 saturated carbocycles. The molecule has 3 aliphatic heterocycles. The maximum absolute atomic E-state index is 5.33. The highest BCUT2D eigenvalue weighted by molar-refractivity contribution is 6.13. The maximum Gasteiger partial charge on any atom is 0.295 e. The fourth-order valence-electron chi connectivity index (χ4n) is 11.4. The highest BCUT2D eigenvalue weighted by Gasteiger charge is 2.55. The van der Waals surface area contributed by atoms with Crippen LogP contribution in [0.5, 0.6) is 0 Å². The maximum atomic E-state index is 5.33. The van der Waals surface area contributed by atoms with Gasteiger partial charge in [0.15, 0.2) is 17.3 Å². The summed E-state index contributed by atoms with van der Waals surface area (Å²) in [6.07, 6.45) is 7.74. The zero-order valence-electron chi connectivity index (χ0n) is 34.0. The molecule has 3 aliphatic rings. The first-order valence-corrected chi connectivity index (χ1v) is 20.8. The Morgan fingerprint density at radius 3 is 2.26 bits per heavy atom. The summed E-state index contributed by atoms with van der Waals surface area (Å²) < 4.78 is 5.37. The summed E-state index contributed by atoms with van der Waals surface area (Å²) in [6.45, 7) is 13.8. The van der Waals surface area contributed by atoms with E-state index in [0.717, 1.165) is 42.2 Å². The number of rotatable bonds is 5. The molecule has 0 aliphatic carbocycles. The van der Waals surface area contributed by atoms with Crippen molar-refractivity contribution < 1.29 is 4.57 Å². The molecule has 6 heteroatoms. The minimum absolute atomic E-state index is 0.0546. The van der Waals surface area contributed by atoms with Crippen molar-refractivity contribution in [3.8, 4) is 22.6 Å². The summed E-state index contributed by atoms with van der Waals surface area (Å²) in [7, 11) is 2.26. The summed E-state index contributed by atoms with van der Waals surface area (Å²) in [5.41, 5.74) is 16.5. The largest absolute Gasteiger partial charge is 0.336 e. The Labute approximate surface area is 335 Å². The van der Waals surface area contributed by atoms with Gasteiger partial charge >= 0.3 is 0 Å². The first-order valence-electron chi connectivity index (χ1n) is 20.8. The first kappa shape index (κ1) is 34.3. The topological polar surface area (TPSA) is 40.6 Å². The molecule has 6 heterocycles. The van der Waals surface area contributed by atoms with E-state index >= 15 is 0 Å². The normalized spacial score (nSPS) is 19.1. The number of nitrogens with zero attached hydrogens (tertiary/aromatic N) is 6. The quantitative estimate of drug-likeness (QED) is 0.130. The summed E-state index contributed by atoms with van der Waals surface area (Å²) in [5, 5.41) is 4.04. The number of benzene rings is 5. The molecule has 0 bridgehead atoms. The van der Waals surface area contributed by atoms with E-state index in [-0.39, 0.29) is 23.5 Å². The molecule has 3 unspecified atom stereocenters.